The molecule has 1 N–H and O–H groups in total. The van der Waals surface area contributed by atoms with Crippen molar-refractivity contribution in [3.05, 3.63) is 63.2 Å². The third-order valence-corrected chi connectivity index (χ3v) is 6.44. The number of non-ortho nitro benzene ring substituents is 1. The van der Waals surface area contributed by atoms with Gasteiger partial charge in [0.25, 0.3) is 11.6 Å². The number of halogens is 1. The van der Waals surface area contributed by atoms with Crippen molar-refractivity contribution in [2.45, 2.75) is 32.2 Å². The molecule has 1 spiro atoms. The SMILES string of the molecule is CCCC1N(C)c2ccc([N+](=O)[O-])cc2CC12C(=O)NC(=O)N(c1cccc(Cl)c1)C2=O. The molecule has 0 aromatic heterocycles. The van der Waals surface area contributed by atoms with Crippen molar-refractivity contribution in [3.8, 4) is 0 Å². The van der Waals surface area contributed by atoms with E-state index in [0.717, 1.165) is 4.90 Å². The number of fused-ring (bicyclic) bond motifs is 1. The summed E-state index contributed by atoms with van der Waals surface area (Å²) >= 11 is 6.07. The van der Waals surface area contributed by atoms with Crippen LogP contribution >= 0.6 is 11.6 Å². The van der Waals surface area contributed by atoms with E-state index in [2.05, 4.69) is 5.32 Å². The minimum Gasteiger partial charge on any atom is -0.370 e. The van der Waals surface area contributed by atoms with E-state index in [0.29, 0.717) is 29.1 Å². The Morgan fingerprint density at radius 3 is 2.62 bits per heavy atom. The van der Waals surface area contributed by atoms with Gasteiger partial charge in [0.05, 0.1) is 16.7 Å². The summed E-state index contributed by atoms with van der Waals surface area (Å²) in [6.45, 7) is 1.94. The van der Waals surface area contributed by atoms with Gasteiger partial charge in [-0.05, 0) is 36.2 Å². The summed E-state index contributed by atoms with van der Waals surface area (Å²) in [7, 11) is 1.76. The molecule has 4 rings (SSSR count). The summed E-state index contributed by atoms with van der Waals surface area (Å²) in [5.41, 5.74) is -0.310. The number of anilines is 2. The number of imide groups is 2. The second-order valence-corrected chi connectivity index (χ2v) is 8.45. The molecule has 4 amide bonds. The van der Waals surface area contributed by atoms with Crippen LogP contribution in [0.3, 0.4) is 0 Å². The van der Waals surface area contributed by atoms with Crippen molar-refractivity contribution in [3.63, 3.8) is 0 Å². The lowest BCUT2D eigenvalue weighted by Gasteiger charge is -2.50. The summed E-state index contributed by atoms with van der Waals surface area (Å²) in [5.74, 6) is -1.37. The maximum absolute atomic E-state index is 13.9. The molecule has 1 fully saturated rings. The van der Waals surface area contributed by atoms with Gasteiger partial charge in [0, 0.05) is 36.3 Å². The zero-order valence-corrected chi connectivity index (χ0v) is 18.3. The molecule has 2 aromatic rings. The van der Waals surface area contributed by atoms with Crippen molar-refractivity contribution in [1.82, 2.24) is 5.32 Å². The molecule has 9 nitrogen and oxygen atoms in total. The molecule has 2 unspecified atom stereocenters. The van der Waals surface area contributed by atoms with Gasteiger partial charge in [-0.15, -0.1) is 0 Å². The Hall–Kier alpha value is -3.46. The molecule has 2 aliphatic heterocycles. The number of amides is 4. The molecule has 0 radical (unpaired) electrons. The lowest BCUT2D eigenvalue weighted by molar-refractivity contribution is -0.384. The fourth-order valence-corrected chi connectivity index (χ4v) is 4.94. The fourth-order valence-electron chi connectivity index (χ4n) is 4.75. The molecule has 0 aliphatic carbocycles. The second-order valence-electron chi connectivity index (χ2n) is 8.01. The van der Waals surface area contributed by atoms with Gasteiger partial charge >= 0.3 is 6.03 Å². The van der Waals surface area contributed by atoms with E-state index >= 15 is 0 Å². The Labute approximate surface area is 189 Å². The van der Waals surface area contributed by atoms with Crippen molar-refractivity contribution in [2.75, 3.05) is 16.8 Å². The number of carbonyl (C=O) groups is 3. The van der Waals surface area contributed by atoms with Crippen LogP contribution in [0.1, 0.15) is 25.3 Å². The van der Waals surface area contributed by atoms with Crippen LogP contribution in [0, 0.1) is 15.5 Å². The monoisotopic (exact) mass is 456 g/mol. The fraction of sp³-hybridized carbons (Fsp3) is 0.318. The molecule has 1 saturated heterocycles. The number of nitro benzene ring substituents is 1. The number of hydrogen-bond donors (Lipinski definition) is 1. The van der Waals surface area contributed by atoms with Gasteiger partial charge in [0.2, 0.25) is 5.91 Å². The zero-order valence-electron chi connectivity index (χ0n) is 17.5. The number of rotatable bonds is 4. The van der Waals surface area contributed by atoms with Crippen molar-refractivity contribution < 1.29 is 19.3 Å². The predicted molar refractivity (Wildman–Crippen MR) is 119 cm³/mol. The average Bonchev–Trinajstić information content (AvgIpc) is 2.74. The Morgan fingerprint density at radius 2 is 1.97 bits per heavy atom. The van der Waals surface area contributed by atoms with Gasteiger partial charge in [-0.2, -0.15) is 0 Å². The van der Waals surface area contributed by atoms with E-state index in [-0.39, 0.29) is 17.8 Å². The lowest BCUT2D eigenvalue weighted by atomic mass is 9.67. The molecule has 2 aliphatic rings. The number of nitrogens with zero attached hydrogens (tertiary/aromatic N) is 3. The second kappa shape index (κ2) is 7.90. The van der Waals surface area contributed by atoms with Gasteiger partial charge in [0.15, 0.2) is 5.41 Å². The van der Waals surface area contributed by atoms with Crippen molar-refractivity contribution in [1.29, 1.82) is 0 Å². The number of barbiturate groups is 1. The van der Waals surface area contributed by atoms with E-state index in [9.17, 15) is 24.5 Å². The summed E-state index contributed by atoms with van der Waals surface area (Å²) < 4.78 is 0. The van der Waals surface area contributed by atoms with E-state index in [1.807, 2.05) is 11.8 Å². The molecule has 0 saturated carbocycles. The number of nitrogens with one attached hydrogen (secondary N) is 1. The molecule has 2 aromatic carbocycles. The maximum atomic E-state index is 13.9. The van der Waals surface area contributed by atoms with E-state index in [1.54, 1.807) is 31.3 Å². The van der Waals surface area contributed by atoms with Gasteiger partial charge in [0.1, 0.15) is 0 Å². The first kappa shape index (κ1) is 21.8. The summed E-state index contributed by atoms with van der Waals surface area (Å²) in [4.78, 5) is 53.5. The largest absolute Gasteiger partial charge is 0.370 e. The van der Waals surface area contributed by atoms with Gasteiger partial charge in [-0.25, -0.2) is 9.69 Å². The minimum absolute atomic E-state index is 0.0615. The maximum Gasteiger partial charge on any atom is 0.335 e. The van der Waals surface area contributed by atoms with Gasteiger partial charge in [-0.3, -0.25) is 25.0 Å². The highest BCUT2D eigenvalue weighted by molar-refractivity contribution is 6.33. The normalized spacial score (nSPS) is 22.7. The summed E-state index contributed by atoms with van der Waals surface area (Å²) in [6, 6.07) is 9.28. The number of benzene rings is 2. The number of nitro groups is 1. The molecule has 32 heavy (non-hydrogen) atoms. The first-order valence-electron chi connectivity index (χ1n) is 10.2. The molecule has 2 atom stereocenters. The van der Waals surface area contributed by atoms with E-state index in [1.165, 1.54) is 18.2 Å². The van der Waals surface area contributed by atoms with E-state index in [4.69, 9.17) is 11.6 Å². The van der Waals surface area contributed by atoms with Gasteiger partial charge in [-0.1, -0.05) is 31.0 Å². The van der Waals surface area contributed by atoms with Crippen LogP contribution in [0.5, 0.6) is 0 Å². The number of urea groups is 1. The highest BCUT2D eigenvalue weighted by Crippen LogP contribution is 2.46. The van der Waals surface area contributed by atoms with E-state index < -0.39 is 34.2 Å². The topological polar surface area (TPSA) is 113 Å². The Morgan fingerprint density at radius 1 is 1.22 bits per heavy atom. The molecular weight excluding hydrogens is 436 g/mol. The van der Waals surface area contributed by atoms with Crippen LogP contribution in [0.25, 0.3) is 0 Å². The average molecular weight is 457 g/mol. The Kier molecular flexibility index (Phi) is 5.37. The van der Waals surface area contributed by atoms with Crippen LogP contribution in [0.4, 0.5) is 21.9 Å². The Bertz CT molecular complexity index is 1150. The smallest absolute Gasteiger partial charge is 0.335 e. The van der Waals surface area contributed by atoms with Crippen LogP contribution in [-0.2, 0) is 16.0 Å². The van der Waals surface area contributed by atoms with Crippen LogP contribution in [-0.4, -0.2) is 35.9 Å². The highest BCUT2D eigenvalue weighted by Gasteiger charge is 2.61. The standard InChI is InChI=1S/C22H21ClN4O5/c1-3-5-18-22(12-13-10-16(27(31)32)8-9-17(13)25(18)2)19(28)24-21(30)26(20(22)29)15-7-4-6-14(23)11-15/h4,6-11,18H,3,5,12H2,1-2H3,(H,24,28,30). The first-order valence-corrected chi connectivity index (χ1v) is 10.5. The first-order chi connectivity index (χ1) is 15.2. The highest BCUT2D eigenvalue weighted by atomic mass is 35.5. The quantitative estimate of drug-likeness (QED) is 0.426. The summed E-state index contributed by atoms with van der Waals surface area (Å²) in [5, 5.41) is 14.0. The number of hydrogen-bond acceptors (Lipinski definition) is 6. The molecule has 0 bridgehead atoms. The predicted octanol–water partition coefficient (Wildman–Crippen LogP) is 3.68. The third-order valence-electron chi connectivity index (χ3n) is 6.20. The van der Waals surface area contributed by atoms with Gasteiger partial charge < -0.3 is 4.90 Å². The van der Waals surface area contributed by atoms with Crippen molar-refractivity contribution >= 4 is 46.5 Å². The van der Waals surface area contributed by atoms with Crippen LogP contribution in [0.2, 0.25) is 5.02 Å². The molecule has 2 heterocycles. The molecular formula is C22H21ClN4O5. The number of carbonyl (C=O) groups excluding carboxylic acids is 3. The Balaban J connectivity index is 1.90. The zero-order chi connectivity index (χ0) is 23.2. The van der Waals surface area contributed by atoms with Crippen LogP contribution in [0.15, 0.2) is 42.5 Å². The minimum atomic E-state index is -1.64. The lowest BCUT2D eigenvalue weighted by Crippen LogP contribution is -2.72. The molecule has 10 heteroatoms. The van der Waals surface area contributed by atoms with Crippen LogP contribution < -0.4 is 15.1 Å². The van der Waals surface area contributed by atoms with Crippen molar-refractivity contribution in [2.24, 2.45) is 5.41 Å². The third kappa shape index (κ3) is 3.20. The summed E-state index contributed by atoms with van der Waals surface area (Å²) in [6.07, 6.45) is 1.13. The molecule has 166 valence electrons.